The first-order valence-electron chi connectivity index (χ1n) is 8.16. The third-order valence-corrected chi connectivity index (χ3v) is 4.65. The number of amides is 2. The second-order valence-electron chi connectivity index (χ2n) is 5.89. The van der Waals surface area contributed by atoms with Gasteiger partial charge in [0.25, 0.3) is 0 Å². The Morgan fingerprint density at radius 2 is 2.33 bits per heavy atom. The van der Waals surface area contributed by atoms with E-state index in [2.05, 4.69) is 32.4 Å². The number of urea groups is 1. The Morgan fingerprint density at radius 3 is 3.04 bits per heavy atom. The van der Waals surface area contributed by atoms with Gasteiger partial charge in [-0.15, -0.1) is 10.2 Å². The zero-order valence-electron chi connectivity index (χ0n) is 14.6. The summed E-state index contributed by atoms with van der Waals surface area (Å²) < 4.78 is 19.6. The highest BCUT2D eigenvalue weighted by Crippen LogP contribution is 2.23. The number of ether oxygens (including phenoxy) is 1. The van der Waals surface area contributed by atoms with Crippen molar-refractivity contribution in [1.82, 2.24) is 20.5 Å². The van der Waals surface area contributed by atoms with Gasteiger partial charge in [-0.2, -0.15) is 0 Å². The van der Waals surface area contributed by atoms with E-state index in [9.17, 15) is 9.18 Å². The fourth-order valence-corrected chi connectivity index (χ4v) is 2.99. The summed E-state index contributed by atoms with van der Waals surface area (Å²) in [6.07, 6.45) is 6.43. The van der Waals surface area contributed by atoms with Crippen LogP contribution >= 0.6 is 11.3 Å². The van der Waals surface area contributed by atoms with E-state index in [1.165, 1.54) is 17.4 Å². The minimum absolute atomic E-state index is 0.0834. The van der Waals surface area contributed by atoms with Crippen molar-refractivity contribution in [3.63, 3.8) is 0 Å². The largest absolute Gasteiger partial charge is 0.488 e. The highest BCUT2D eigenvalue weighted by atomic mass is 32.1. The number of rotatable bonds is 6. The zero-order valence-corrected chi connectivity index (χ0v) is 15.4. The molecule has 140 valence electrons. The van der Waals surface area contributed by atoms with E-state index >= 15 is 0 Å². The number of aromatic nitrogens is 3. The van der Waals surface area contributed by atoms with Gasteiger partial charge in [0.2, 0.25) is 5.13 Å². The highest BCUT2D eigenvalue weighted by molar-refractivity contribution is 7.16. The minimum atomic E-state index is -0.441. The number of halogens is 1. The molecule has 0 fully saturated rings. The van der Waals surface area contributed by atoms with Gasteiger partial charge in [-0.05, 0) is 37.1 Å². The molecule has 3 rings (SSSR count). The van der Waals surface area contributed by atoms with Gasteiger partial charge in [0.1, 0.15) is 23.2 Å². The monoisotopic (exact) mass is 387 g/mol. The van der Waals surface area contributed by atoms with Gasteiger partial charge in [0.15, 0.2) is 0 Å². The summed E-state index contributed by atoms with van der Waals surface area (Å²) in [4.78, 5) is 16.1. The van der Waals surface area contributed by atoms with Gasteiger partial charge in [-0.25, -0.2) is 9.18 Å². The van der Waals surface area contributed by atoms with Crippen molar-refractivity contribution in [3.8, 4) is 5.75 Å². The predicted molar refractivity (Wildman–Crippen MR) is 102 cm³/mol. The Bertz CT molecular complexity index is 894. The Balaban J connectivity index is 1.53. The lowest BCUT2D eigenvalue weighted by atomic mass is 10.0. The molecule has 2 amide bonds. The van der Waals surface area contributed by atoms with E-state index in [-0.39, 0.29) is 18.5 Å². The molecule has 0 bridgehead atoms. The van der Waals surface area contributed by atoms with Crippen LogP contribution in [0.5, 0.6) is 5.75 Å². The first-order chi connectivity index (χ1) is 13.0. The van der Waals surface area contributed by atoms with Crippen molar-refractivity contribution in [1.29, 1.82) is 0 Å². The van der Waals surface area contributed by atoms with E-state index in [1.54, 1.807) is 30.6 Å². The van der Waals surface area contributed by atoms with Crippen LogP contribution in [0.25, 0.3) is 5.57 Å². The van der Waals surface area contributed by atoms with E-state index in [1.807, 2.05) is 6.92 Å². The molecule has 27 heavy (non-hydrogen) atoms. The summed E-state index contributed by atoms with van der Waals surface area (Å²) >= 11 is 1.23. The average molecular weight is 387 g/mol. The zero-order chi connectivity index (χ0) is 19.2. The van der Waals surface area contributed by atoms with Gasteiger partial charge >= 0.3 is 6.03 Å². The molecule has 0 radical (unpaired) electrons. The molecule has 2 heterocycles. The standard InChI is InChI=1S/C18H18FN5O2S/c1-11(2)16-23-24-18(27-16)22-17(25)21-13-5-6-15(19)12(8-13)10-26-14-4-3-7-20-9-14/h3-7,9,13H,1,8,10H2,2H3,(H2,21,22,24,25). The molecule has 1 aliphatic rings. The first-order valence-corrected chi connectivity index (χ1v) is 8.98. The number of carbonyl (C=O) groups is 1. The van der Waals surface area contributed by atoms with Gasteiger partial charge in [0.05, 0.1) is 12.2 Å². The average Bonchev–Trinajstić information content (AvgIpc) is 3.11. The summed E-state index contributed by atoms with van der Waals surface area (Å²) in [5.74, 6) is 0.201. The summed E-state index contributed by atoms with van der Waals surface area (Å²) in [5.41, 5.74) is 1.24. The van der Waals surface area contributed by atoms with E-state index < -0.39 is 6.03 Å². The number of carbonyl (C=O) groups excluding carboxylic acids is 1. The van der Waals surface area contributed by atoms with E-state index in [0.717, 1.165) is 5.57 Å². The van der Waals surface area contributed by atoms with Crippen LogP contribution in [0, 0.1) is 0 Å². The lowest BCUT2D eigenvalue weighted by Gasteiger charge is -2.21. The first kappa shape index (κ1) is 18.7. The molecule has 1 unspecified atom stereocenters. The summed E-state index contributed by atoms with van der Waals surface area (Å²) in [6.45, 7) is 5.68. The van der Waals surface area contributed by atoms with Crippen molar-refractivity contribution in [2.24, 2.45) is 0 Å². The second kappa shape index (κ2) is 8.54. The molecule has 7 nitrogen and oxygen atoms in total. The minimum Gasteiger partial charge on any atom is -0.488 e. The number of hydrogen-bond acceptors (Lipinski definition) is 6. The lowest BCUT2D eigenvalue weighted by Crippen LogP contribution is -2.38. The number of pyridine rings is 1. The van der Waals surface area contributed by atoms with Crippen molar-refractivity contribution >= 4 is 28.1 Å². The van der Waals surface area contributed by atoms with Gasteiger partial charge in [-0.1, -0.05) is 24.0 Å². The molecule has 9 heteroatoms. The van der Waals surface area contributed by atoms with Crippen LogP contribution in [-0.2, 0) is 0 Å². The topological polar surface area (TPSA) is 89.0 Å². The molecule has 0 aliphatic heterocycles. The molecule has 2 aromatic rings. The molecule has 0 saturated heterocycles. The fourth-order valence-electron chi connectivity index (χ4n) is 2.33. The normalized spacial score (nSPS) is 16.1. The maximum absolute atomic E-state index is 14.0. The highest BCUT2D eigenvalue weighted by Gasteiger charge is 2.19. The third kappa shape index (κ3) is 5.20. The van der Waals surface area contributed by atoms with Crippen LogP contribution in [0.1, 0.15) is 18.4 Å². The van der Waals surface area contributed by atoms with Gasteiger partial charge < -0.3 is 10.1 Å². The molecule has 1 atom stereocenters. The molecule has 0 saturated carbocycles. The number of hydrogen-bond donors (Lipinski definition) is 2. The Hall–Kier alpha value is -3.07. The Kier molecular flexibility index (Phi) is 5.92. The number of nitrogens with zero attached hydrogens (tertiary/aromatic N) is 3. The number of allylic oxidation sites excluding steroid dienone is 3. The van der Waals surface area contributed by atoms with Crippen molar-refractivity contribution in [2.75, 3.05) is 11.9 Å². The summed E-state index contributed by atoms with van der Waals surface area (Å²) in [6, 6.07) is 2.69. The lowest BCUT2D eigenvalue weighted by molar-refractivity contribution is 0.249. The molecule has 2 N–H and O–H groups in total. The van der Waals surface area contributed by atoms with Crippen LogP contribution in [-0.4, -0.2) is 33.9 Å². The molecule has 2 aromatic heterocycles. The van der Waals surface area contributed by atoms with Crippen molar-refractivity contribution < 1.29 is 13.9 Å². The molecular formula is C18H18FN5O2S. The van der Waals surface area contributed by atoms with Gasteiger partial charge in [-0.3, -0.25) is 10.3 Å². The summed E-state index contributed by atoms with van der Waals surface area (Å²) in [5, 5.41) is 14.2. The molecule has 1 aliphatic carbocycles. The Labute approximate surface area is 159 Å². The quantitative estimate of drug-likeness (QED) is 0.789. The van der Waals surface area contributed by atoms with Crippen LogP contribution < -0.4 is 15.4 Å². The van der Waals surface area contributed by atoms with Crippen LogP contribution in [0.3, 0.4) is 0 Å². The van der Waals surface area contributed by atoms with Crippen LogP contribution in [0.2, 0.25) is 0 Å². The maximum atomic E-state index is 14.0. The van der Waals surface area contributed by atoms with Crippen molar-refractivity contribution in [2.45, 2.75) is 19.4 Å². The van der Waals surface area contributed by atoms with Crippen LogP contribution in [0.4, 0.5) is 14.3 Å². The second-order valence-corrected chi connectivity index (χ2v) is 6.87. The predicted octanol–water partition coefficient (Wildman–Crippen LogP) is 3.72. The van der Waals surface area contributed by atoms with Crippen molar-refractivity contribution in [3.05, 3.63) is 59.7 Å². The van der Waals surface area contributed by atoms with E-state index in [4.69, 9.17) is 4.74 Å². The number of nitrogens with one attached hydrogen (secondary N) is 2. The van der Waals surface area contributed by atoms with Gasteiger partial charge in [0, 0.05) is 11.8 Å². The third-order valence-electron chi connectivity index (χ3n) is 3.65. The smallest absolute Gasteiger partial charge is 0.321 e. The molecule has 0 spiro atoms. The SMILES string of the molecule is C=C(C)c1nnc(NC(=O)NC2C=CC(F)=C(COc3cccnc3)C2)s1. The number of anilines is 1. The Morgan fingerprint density at radius 1 is 1.48 bits per heavy atom. The van der Waals surface area contributed by atoms with E-state index in [0.29, 0.717) is 27.9 Å². The van der Waals surface area contributed by atoms with Crippen LogP contribution in [0.15, 0.2) is 54.7 Å². The molecule has 0 aromatic carbocycles. The fraction of sp³-hybridized carbons (Fsp3) is 0.222. The summed E-state index contributed by atoms with van der Waals surface area (Å²) in [7, 11) is 0. The molecular weight excluding hydrogens is 369 g/mol. The maximum Gasteiger partial charge on any atom is 0.321 e.